The number of ether oxygens (including phenoxy) is 2. The van der Waals surface area contributed by atoms with Gasteiger partial charge in [0, 0.05) is 31.8 Å². The lowest BCUT2D eigenvalue weighted by molar-refractivity contribution is -0.141. The molecule has 34 heavy (non-hydrogen) atoms. The van der Waals surface area contributed by atoms with Crippen LogP contribution in [0.25, 0.3) is 0 Å². The molecular weight excluding hydrogens is 457 g/mol. The molecule has 0 radical (unpaired) electrons. The van der Waals surface area contributed by atoms with Crippen LogP contribution in [0.1, 0.15) is 66.3 Å². The van der Waals surface area contributed by atoms with Crippen molar-refractivity contribution in [3.63, 3.8) is 0 Å². The zero-order valence-corrected chi connectivity index (χ0v) is 18.9. The highest BCUT2D eigenvalue weighted by Crippen LogP contribution is 2.44. The summed E-state index contributed by atoms with van der Waals surface area (Å²) in [5, 5.41) is 16.4. The van der Waals surface area contributed by atoms with Crippen molar-refractivity contribution in [1.29, 1.82) is 0 Å². The van der Waals surface area contributed by atoms with Crippen LogP contribution >= 0.6 is 0 Å². The number of hydrogen-bond donors (Lipinski definition) is 3. The van der Waals surface area contributed by atoms with Gasteiger partial charge in [0.2, 0.25) is 0 Å². The van der Waals surface area contributed by atoms with Gasteiger partial charge in [-0.15, -0.1) is 0 Å². The topological polar surface area (TPSA) is 123 Å². The molecule has 2 aromatic rings. The van der Waals surface area contributed by atoms with Crippen molar-refractivity contribution >= 4 is 17.8 Å². The maximum absolute atomic E-state index is 12.7. The quantitative estimate of drug-likeness (QED) is 0.528. The number of hydrogen-bond acceptors (Lipinski definition) is 6. The number of carbonyl (C=O) groups is 2. The summed E-state index contributed by atoms with van der Waals surface area (Å²) >= 11 is 0. The number of amides is 2. The van der Waals surface area contributed by atoms with E-state index in [0.29, 0.717) is 55.9 Å². The molecule has 2 aliphatic rings. The van der Waals surface area contributed by atoms with Gasteiger partial charge >= 0.3 is 12.3 Å². The van der Waals surface area contributed by atoms with Crippen LogP contribution in [-0.4, -0.2) is 56.9 Å². The number of nitrogens with one attached hydrogen (secondary N) is 3. The second-order valence-electron chi connectivity index (χ2n) is 8.97. The number of nitrogens with zero attached hydrogens (tertiary/aromatic N) is 3. The Bertz CT molecular complexity index is 1050. The fraction of sp³-hybridized carbons (Fsp3) is 0.619. The number of halogens is 3. The van der Waals surface area contributed by atoms with Crippen molar-refractivity contribution in [3.8, 4) is 0 Å². The molecule has 10 nitrogen and oxygen atoms in total. The van der Waals surface area contributed by atoms with Crippen LogP contribution in [0.4, 0.5) is 23.8 Å². The van der Waals surface area contributed by atoms with Gasteiger partial charge in [-0.25, -0.2) is 4.79 Å². The monoisotopic (exact) mass is 484 g/mol. The van der Waals surface area contributed by atoms with Gasteiger partial charge in [-0.2, -0.15) is 23.4 Å². The Labute approximate surface area is 193 Å². The number of H-pyrrole nitrogens is 1. The van der Waals surface area contributed by atoms with E-state index in [2.05, 4.69) is 25.9 Å². The lowest BCUT2D eigenvalue weighted by Crippen LogP contribution is -2.41. The smallest absolute Gasteiger partial charge is 0.407 e. The molecule has 2 heterocycles. The first kappa shape index (κ1) is 24.0. The number of rotatable bonds is 8. The minimum atomic E-state index is -4.33. The molecule has 3 N–H and O–H groups in total. The second-order valence-corrected chi connectivity index (χ2v) is 8.97. The summed E-state index contributed by atoms with van der Waals surface area (Å²) in [6.45, 7) is 0.292. The molecule has 0 saturated heterocycles. The van der Waals surface area contributed by atoms with Crippen molar-refractivity contribution in [1.82, 2.24) is 25.3 Å². The van der Waals surface area contributed by atoms with Crippen molar-refractivity contribution in [2.45, 2.75) is 68.9 Å². The average Bonchev–Trinajstić information content (AvgIpc) is 3.11. The van der Waals surface area contributed by atoms with Gasteiger partial charge in [0.1, 0.15) is 11.8 Å². The van der Waals surface area contributed by atoms with E-state index < -0.39 is 30.3 Å². The van der Waals surface area contributed by atoms with Gasteiger partial charge in [0.05, 0.1) is 24.3 Å². The zero-order valence-electron chi connectivity index (χ0n) is 18.9. The Morgan fingerprint density at radius 2 is 2.06 bits per heavy atom. The third kappa shape index (κ3) is 5.88. The summed E-state index contributed by atoms with van der Waals surface area (Å²) in [5.74, 6) is -0.00184. The first-order chi connectivity index (χ1) is 16.1. The Morgan fingerprint density at radius 3 is 2.74 bits per heavy atom. The van der Waals surface area contributed by atoms with E-state index in [1.165, 1.54) is 4.68 Å². The van der Waals surface area contributed by atoms with Crippen molar-refractivity contribution in [2.24, 2.45) is 7.05 Å². The van der Waals surface area contributed by atoms with Crippen LogP contribution in [0, 0.1) is 0 Å². The van der Waals surface area contributed by atoms with E-state index in [9.17, 15) is 22.8 Å². The van der Waals surface area contributed by atoms with E-state index >= 15 is 0 Å². The number of aromatic amines is 1. The number of aryl methyl sites for hydroxylation is 1. The van der Waals surface area contributed by atoms with Crippen molar-refractivity contribution in [2.75, 3.05) is 12.4 Å². The lowest BCUT2D eigenvalue weighted by atomic mass is 10.0. The first-order valence-corrected chi connectivity index (χ1v) is 11.0. The minimum absolute atomic E-state index is 0.0195. The van der Waals surface area contributed by atoms with Crippen LogP contribution in [0.5, 0.6) is 0 Å². The normalized spacial score (nSPS) is 21.3. The molecule has 2 aromatic heterocycles. The number of carbonyl (C=O) groups excluding carboxylic acids is 2. The molecule has 2 amide bonds. The summed E-state index contributed by atoms with van der Waals surface area (Å²) < 4.78 is 49.9. The first-order valence-electron chi connectivity index (χ1n) is 11.0. The van der Waals surface area contributed by atoms with Crippen LogP contribution in [-0.2, 0) is 23.1 Å². The van der Waals surface area contributed by atoms with Gasteiger partial charge in [-0.05, 0) is 38.2 Å². The number of alkyl carbamates (subject to hydrolysis) is 1. The highest BCUT2D eigenvalue weighted by molar-refractivity contribution is 6.02. The molecule has 0 aliphatic heterocycles. The standard InChI is InChI=1S/C21H27F3N6O4/c1-30-16(8-13(29-30)10-33-2)18(31)25-17-9-15(27-28-17)12-3-4-14(7-12)34-19(32)26-20(5-6-20)11-21(22,23)24/h8-9,12,14H,3-7,10-11H2,1-2H3,(H,26,32)(H2,25,27,28,31)/t12-,14?/m0/s1. The molecule has 2 atom stereocenters. The molecule has 13 heteroatoms. The van der Waals surface area contributed by atoms with Crippen LogP contribution in [0.3, 0.4) is 0 Å². The summed E-state index contributed by atoms with van der Waals surface area (Å²) in [5.41, 5.74) is 0.547. The Balaban J connectivity index is 1.28. The molecule has 0 spiro atoms. The van der Waals surface area contributed by atoms with Crippen molar-refractivity contribution in [3.05, 3.63) is 29.2 Å². The van der Waals surface area contributed by atoms with Crippen LogP contribution in [0.2, 0.25) is 0 Å². The molecule has 4 rings (SSSR count). The van der Waals surface area contributed by atoms with Gasteiger partial charge in [0.25, 0.3) is 5.91 Å². The maximum atomic E-state index is 12.7. The second kappa shape index (κ2) is 9.28. The third-order valence-corrected chi connectivity index (χ3v) is 6.15. The molecular formula is C21H27F3N6O4. The summed E-state index contributed by atoms with van der Waals surface area (Å²) in [4.78, 5) is 24.7. The number of methoxy groups -OCH3 is 1. The predicted octanol–water partition coefficient (Wildman–Crippen LogP) is 3.39. The summed E-state index contributed by atoms with van der Waals surface area (Å²) in [6.07, 6.45) is -4.19. The van der Waals surface area contributed by atoms with Crippen molar-refractivity contribution < 1.29 is 32.2 Å². The van der Waals surface area contributed by atoms with E-state index in [-0.39, 0.29) is 11.8 Å². The van der Waals surface area contributed by atoms with E-state index in [4.69, 9.17) is 9.47 Å². The molecule has 2 aliphatic carbocycles. The highest BCUT2D eigenvalue weighted by Gasteiger charge is 2.52. The summed E-state index contributed by atoms with van der Waals surface area (Å²) in [6, 6.07) is 3.36. The van der Waals surface area contributed by atoms with Gasteiger partial charge < -0.3 is 20.1 Å². The van der Waals surface area contributed by atoms with Gasteiger partial charge in [0.15, 0.2) is 5.82 Å². The fourth-order valence-corrected chi connectivity index (χ4v) is 4.36. The van der Waals surface area contributed by atoms with Gasteiger partial charge in [-0.3, -0.25) is 14.6 Å². The number of anilines is 1. The molecule has 1 unspecified atom stereocenters. The minimum Gasteiger partial charge on any atom is -0.446 e. The van der Waals surface area contributed by atoms with E-state index in [1.807, 2.05) is 0 Å². The SMILES string of the molecule is COCc1cc(C(=O)Nc2cc([C@H]3CCC(OC(=O)NC4(CC(F)(F)F)CC4)C3)[nH]n2)n(C)n1. The molecule has 186 valence electrons. The Kier molecular flexibility index (Phi) is 6.56. The molecule has 0 bridgehead atoms. The Morgan fingerprint density at radius 1 is 1.29 bits per heavy atom. The largest absolute Gasteiger partial charge is 0.446 e. The molecule has 0 aromatic carbocycles. The third-order valence-electron chi connectivity index (χ3n) is 6.15. The summed E-state index contributed by atoms with van der Waals surface area (Å²) in [7, 11) is 3.20. The fourth-order valence-electron chi connectivity index (χ4n) is 4.36. The predicted molar refractivity (Wildman–Crippen MR) is 113 cm³/mol. The van der Waals surface area contributed by atoms with Crippen LogP contribution in [0.15, 0.2) is 12.1 Å². The number of aromatic nitrogens is 4. The highest BCUT2D eigenvalue weighted by atomic mass is 19.4. The van der Waals surface area contributed by atoms with Gasteiger partial charge in [-0.1, -0.05) is 0 Å². The van der Waals surface area contributed by atoms with Crippen LogP contribution < -0.4 is 10.6 Å². The molecule has 2 fully saturated rings. The molecule has 2 saturated carbocycles. The van der Waals surface area contributed by atoms with E-state index in [0.717, 1.165) is 5.69 Å². The van der Waals surface area contributed by atoms with E-state index in [1.54, 1.807) is 26.3 Å². The maximum Gasteiger partial charge on any atom is 0.407 e. The lowest BCUT2D eigenvalue weighted by Gasteiger charge is -2.20. The number of alkyl halides is 3. The Hall–Kier alpha value is -3.09. The zero-order chi connectivity index (χ0) is 24.5. The average molecular weight is 484 g/mol.